The summed E-state index contributed by atoms with van der Waals surface area (Å²) in [5.74, 6) is 2.50. The molecule has 0 spiro atoms. The summed E-state index contributed by atoms with van der Waals surface area (Å²) in [6.45, 7) is 5.01. The summed E-state index contributed by atoms with van der Waals surface area (Å²) in [5.41, 5.74) is 0.161. The lowest BCUT2D eigenvalue weighted by Gasteiger charge is -2.23. The molecule has 0 aliphatic carbocycles. The molecule has 1 aromatic rings. The lowest BCUT2D eigenvalue weighted by atomic mass is 10.2. The number of rotatable bonds is 6. The summed E-state index contributed by atoms with van der Waals surface area (Å²) in [4.78, 5) is 25.1. The number of ether oxygens (including phenoxy) is 3. The highest BCUT2D eigenvalue weighted by Gasteiger charge is 2.22. The Morgan fingerprint density at radius 1 is 1.21 bits per heavy atom. The van der Waals surface area contributed by atoms with E-state index in [1.807, 2.05) is 0 Å². The van der Waals surface area contributed by atoms with Gasteiger partial charge in [0.05, 0.1) is 13.7 Å². The molecule has 0 saturated carbocycles. The van der Waals surface area contributed by atoms with E-state index in [1.165, 1.54) is 0 Å². The summed E-state index contributed by atoms with van der Waals surface area (Å²) in [6.07, 6.45) is 4.57. The predicted molar refractivity (Wildman–Crippen MR) is 89.4 cm³/mol. The summed E-state index contributed by atoms with van der Waals surface area (Å²) < 4.78 is 15.4. The number of benzene rings is 1. The van der Waals surface area contributed by atoms with E-state index in [1.54, 1.807) is 52.1 Å². The highest BCUT2D eigenvalue weighted by Crippen LogP contribution is 2.13. The van der Waals surface area contributed by atoms with E-state index >= 15 is 0 Å². The van der Waals surface area contributed by atoms with E-state index in [4.69, 9.17) is 20.6 Å². The third-order valence-corrected chi connectivity index (χ3v) is 2.80. The number of terminal acetylenes is 1. The molecular weight excluding hydrogens is 310 g/mol. The van der Waals surface area contributed by atoms with Crippen LogP contribution in [0, 0.1) is 12.3 Å². The first kappa shape index (κ1) is 19.4. The summed E-state index contributed by atoms with van der Waals surface area (Å²) in [5, 5.41) is 0. The molecule has 1 aromatic carbocycles. The molecule has 0 fully saturated rings. The van der Waals surface area contributed by atoms with Crippen molar-refractivity contribution in [2.45, 2.75) is 33.0 Å². The highest BCUT2D eigenvalue weighted by molar-refractivity contribution is 5.78. The standard InChI is InChI=1S/C18H23NO5/c1-6-11-19(12-16(20)24-18(2,3)4)17(21)23-13-14-7-9-15(22-5)10-8-14/h1,7-10H,11-13H2,2-5H3. The van der Waals surface area contributed by atoms with Gasteiger partial charge >= 0.3 is 12.1 Å². The van der Waals surface area contributed by atoms with Crippen molar-refractivity contribution >= 4 is 12.1 Å². The van der Waals surface area contributed by atoms with Gasteiger partial charge in [0.2, 0.25) is 0 Å². The minimum Gasteiger partial charge on any atom is -0.497 e. The van der Waals surface area contributed by atoms with Gasteiger partial charge in [0.15, 0.2) is 0 Å². The molecule has 1 amide bonds. The molecule has 1 rings (SSSR count). The summed E-state index contributed by atoms with van der Waals surface area (Å²) >= 11 is 0. The molecule has 0 aliphatic rings. The number of carbonyl (C=O) groups is 2. The Kier molecular flexibility index (Phi) is 7.12. The average molecular weight is 333 g/mol. The fourth-order valence-electron chi connectivity index (χ4n) is 1.78. The minimum atomic E-state index is -0.672. The maximum Gasteiger partial charge on any atom is 0.411 e. The van der Waals surface area contributed by atoms with E-state index < -0.39 is 17.7 Å². The van der Waals surface area contributed by atoms with Crippen LogP contribution in [0.2, 0.25) is 0 Å². The van der Waals surface area contributed by atoms with Crippen LogP contribution in [0.4, 0.5) is 4.79 Å². The quantitative estimate of drug-likeness (QED) is 0.591. The van der Waals surface area contributed by atoms with Crippen molar-refractivity contribution in [2.75, 3.05) is 20.2 Å². The van der Waals surface area contributed by atoms with Crippen molar-refractivity contribution < 1.29 is 23.8 Å². The van der Waals surface area contributed by atoms with Crippen LogP contribution < -0.4 is 4.74 Å². The van der Waals surface area contributed by atoms with Crippen LogP contribution in [-0.2, 0) is 20.9 Å². The van der Waals surface area contributed by atoms with Crippen molar-refractivity contribution in [1.82, 2.24) is 4.90 Å². The summed E-state index contributed by atoms with van der Waals surface area (Å²) in [6, 6.07) is 7.10. The second-order valence-corrected chi connectivity index (χ2v) is 6.05. The molecule has 0 bridgehead atoms. The van der Waals surface area contributed by atoms with Crippen molar-refractivity contribution in [3.05, 3.63) is 29.8 Å². The van der Waals surface area contributed by atoms with Crippen LogP contribution in [0.3, 0.4) is 0 Å². The van der Waals surface area contributed by atoms with Gasteiger partial charge in [0, 0.05) is 0 Å². The molecule has 0 saturated heterocycles. The van der Waals surface area contributed by atoms with Gasteiger partial charge < -0.3 is 14.2 Å². The molecule has 0 N–H and O–H groups in total. The van der Waals surface area contributed by atoms with Crippen LogP contribution in [-0.4, -0.2) is 42.8 Å². The van der Waals surface area contributed by atoms with Crippen LogP contribution in [0.1, 0.15) is 26.3 Å². The number of esters is 1. The molecule has 6 nitrogen and oxygen atoms in total. The topological polar surface area (TPSA) is 65.1 Å². The van der Waals surface area contributed by atoms with Crippen LogP contribution in [0.15, 0.2) is 24.3 Å². The normalized spacial score (nSPS) is 10.5. The second kappa shape index (κ2) is 8.82. The van der Waals surface area contributed by atoms with Gasteiger partial charge in [-0.1, -0.05) is 18.1 Å². The maximum atomic E-state index is 12.1. The lowest BCUT2D eigenvalue weighted by Crippen LogP contribution is -2.39. The molecule has 6 heteroatoms. The molecule has 0 heterocycles. The van der Waals surface area contributed by atoms with Crippen molar-refractivity contribution in [2.24, 2.45) is 0 Å². The van der Waals surface area contributed by atoms with Gasteiger partial charge in [0.25, 0.3) is 0 Å². The van der Waals surface area contributed by atoms with Gasteiger partial charge in [-0.05, 0) is 38.5 Å². The Hall–Kier alpha value is -2.68. The number of methoxy groups -OCH3 is 1. The number of hydrogen-bond acceptors (Lipinski definition) is 5. The van der Waals surface area contributed by atoms with Crippen molar-refractivity contribution in [1.29, 1.82) is 0 Å². The number of carbonyl (C=O) groups excluding carboxylic acids is 2. The molecule has 0 radical (unpaired) electrons. The predicted octanol–water partition coefficient (Wildman–Crippen LogP) is 2.61. The van der Waals surface area contributed by atoms with E-state index in [0.717, 1.165) is 10.5 Å². The van der Waals surface area contributed by atoms with Gasteiger partial charge in [-0.3, -0.25) is 9.69 Å². The molecular formula is C18H23NO5. The van der Waals surface area contributed by atoms with Gasteiger partial charge in [-0.15, -0.1) is 6.42 Å². The Bertz CT molecular complexity index is 595. The Morgan fingerprint density at radius 3 is 2.33 bits per heavy atom. The third-order valence-electron chi connectivity index (χ3n) is 2.80. The fraction of sp³-hybridized carbons (Fsp3) is 0.444. The zero-order valence-electron chi connectivity index (χ0n) is 14.5. The molecule has 0 atom stereocenters. The first-order valence-corrected chi connectivity index (χ1v) is 7.45. The summed E-state index contributed by atoms with van der Waals surface area (Å²) in [7, 11) is 1.57. The van der Waals surface area contributed by atoms with E-state index in [9.17, 15) is 9.59 Å². The molecule has 0 unspecified atom stereocenters. The largest absolute Gasteiger partial charge is 0.497 e. The van der Waals surface area contributed by atoms with Crippen LogP contribution >= 0.6 is 0 Å². The Morgan fingerprint density at radius 2 is 1.83 bits per heavy atom. The van der Waals surface area contributed by atoms with Crippen molar-refractivity contribution in [3.63, 3.8) is 0 Å². The third kappa shape index (κ3) is 7.05. The van der Waals surface area contributed by atoms with Gasteiger partial charge in [0.1, 0.15) is 24.5 Å². The number of nitrogens with zero attached hydrogens (tertiary/aromatic N) is 1. The highest BCUT2D eigenvalue weighted by atomic mass is 16.6. The van der Waals surface area contributed by atoms with E-state index in [-0.39, 0.29) is 19.7 Å². The lowest BCUT2D eigenvalue weighted by molar-refractivity contribution is -0.155. The van der Waals surface area contributed by atoms with E-state index in [2.05, 4.69) is 5.92 Å². The van der Waals surface area contributed by atoms with E-state index in [0.29, 0.717) is 5.75 Å². The van der Waals surface area contributed by atoms with Crippen LogP contribution in [0.25, 0.3) is 0 Å². The van der Waals surface area contributed by atoms with Crippen LogP contribution in [0.5, 0.6) is 5.75 Å². The minimum absolute atomic E-state index is 0.0410. The first-order chi connectivity index (χ1) is 11.2. The SMILES string of the molecule is C#CCN(CC(=O)OC(C)(C)C)C(=O)OCc1ccc(OC)cc1. The maximum absolute atomic E-state index is 12.1. The molecule has 24 heavy (non-hydrogen) atoms. The molecule has 130 valence electrons. The van der Waals surface area contributed by atoms with Gasteiger partial charge in [-0.25, -0.2) is 4.79 Å². The molecule has 0 aliphatic heterocycles. The average Bonchev–Trinajstić information content (AvgIpc) is 2.51. The Labute approximate surface area is 142 Å². The fourth-order valence-corrected chi connectivity index (χ4v) is 1.78. The van der Waals surface area contributed by atoms with Gasteiger partial charge in [-0.2, -0.15) is 0 Å². The smallest absolute Gasteiger partial charge is 0.411 e. The Balaban J connectivity index is 2.59. The number of hydrogen-bond donors (Lipinski definition) is 0. The second-order valence-electron chi connectivity index (χ2n) is 6.05. The zero-order valence-corrected chi connectivity index (χ0v) is 14.5. The first-order valence-electron chi connectivity index (χ1n) is 7.45. The van der Waals surface area contributed by atoms with Crippen molar-refractivity contribution in [3.8, 4) is 18.1 Å². The molecule has 0 aromatic heterocycles. The number of amides is 1. The zero-order chi connectivity index (χ0) is 18.2. The monoisotopic (exact) mass is 333 g/mol.